The molecule has 10 nitrogen and oxygen atoms in total. The number of urea groups is 1. The zero-order valence-electron chi connectivity index (χ0n) is 17.1. The van der Waals surface area contributed by atoms with Crippen LogP contribution in [-0.4, -0.2) is 52.2 Å². The number of hydrogen-bond acceptors (Lipinski definition) is 7. The molecule has 2 rings (SSSR count). The molecule has 0 radical (unpaired) electrons. The summed E-state index contributed by atoms with van der Waals surface area (Å²) in [6.07, 6.45) is 0.184. The van der Waals surface area contributed by atoms with Gasteiger partial charge in [-0.25, -0.2) is 22.7 Å². The van der Waals surface area contributed by atoms with Crippen LogP contribution in [0.4, 0.5) is 4.79 Å². The van der Waals surface area contributed by atoms with Crippen LogP contribution in [0, 0.1) is 0 Å². The summed E-state index contributed by atoms with van der Waals surface area (Å²) < 4.78 is 36.8. The number of sulfonamides is 1. The van der Waals surface area contributed by atoms with Gasteiger partial charge in [0.05, 0.1) is 35.2 Å². The molecule has 2 amide bonds. The summed E-state index contributed by atoms with van der Waals surface area (Å²) in [5.74, 6) is -1.33. The SMILES string of the molecule is CCOC(=O)C1=C(COC(=O)CCNS(=O)(=O)c2ccc(Cl)cc2)NC(=O)NC1CC. The molecule has 1 aromatic carbocycles. The number of benzene rings is 1. The van der Waals surface area contributed by atoms with Crippen molar-refractivity contribution in [3.8, 4) is 0 Å². The summed E-state index contributed by atoms with van der Waals surface area (Å²) in [7, 11) is -3.80. The fourth-order valence-electron chi connectivity index (χ4n) is 2.78. The average molecular weight is 474 g/mol. The topological polar surface area (TPSA) is 140 Å². The third-order valence-corrected chi connectivity index (χ3v) is 6.00. The van der Waals surface area contributed by atoms with Gasteiger partial charge in [0.2, 0.25) is 10.0 Å². The smallest absolute Gasteiger partial charge is 0.338 e. The van der Waals surface area contributed by atoms with E-state index in [0.29, 0.717) is 11.4 Å². The van der Waals surface area contributed by atoms with Crippen molar-refractivity contribution in [2.75, 3.05) is 19.8 Å². The van der Waals surface area contributed by atoms with Crippen LogP contribution in [0.2, 0.25) is 5.02 Å². The molecular formula is C19H24ClN3O7S. The molecule has 31 heavy (non-hydrogen) atoms. The van der Waals surface area contributed by atoms with Gasteiger partial charge in [0.25, 0.3) is 0 Å². The molecule has 1 unspecified atom stereocenters. The predicted molar refractivity (Wildman–Crippen MR) is 112 cm³/mol. The van der Waals surface area contributed by atoms with E-state index in [4.69, 9.17) is 21.1 Å². The van der Waals surface area contributed by atoms with Gasteiger partial charge in [-0.2, -0.15) is 0 Å². The van der Waals surface area contributed by atoms with Gasteiger partial charge < -0.3 is 20.1 Å². The van der Waals surface area contributed by atoms with Crippen molar-refractivity contribution in [3.05, 3.63) is 40.6 Å². The molecule has 0 bridgehead atoms. The summed E-state index contributed by atoms with van der Waals surface area (Å²) in [4.78, 5) is 36.1. The Balaban J connectivity index is 1.95. The van der Waals surface area contributed by atoms with Gasteiger partial charge in [-0.15, -0.1) is 0 Å². The maximum absolute atomic E-state index is 12.3. The van der Waals surface area contributed by atoms with E-state index < -0.39 is 34.0 Å². The minimum Gasteiger partial charge on any atom is -0.463 e. The number of carbonyl (C=O) groups is 3. The first kappa shape index (κ1) is 24.6. The molecule has 0 fully saturated rings. The molecule has 1 heterocycles. The Hall–Kier alpha value is -2.63. The molecule has 0 aromatic heterocycles. The van der Waals surface area contributed by atoms with Crippen LogP contribution < -0.4 is 15.4 Å². The van der Waals surface area contributed by atoms with Gasteiger partial charge in [-0.1, -0.05) is 18.5 Å². The van der Waals surface area contributed by atoms with Crippen molar-refractivity contribution < 1.29 is 32.3 Å². The Morgan fingerprint density at radius 3 is 2.45 bits per heavy atom. The van der Waals surface area contributed by atoms with Crippen molar-refractivity contribution in [2.45, 2.75) is 37.6 Å². The highest BCUT2D eigenvalue weighted by Gasteiger charge is 2.32. The first-order valence-corrected chi connectivity index (χ1v) is 11.4. The van der Waals surface area contributed by atoms with Crippen LogP contribution in [0.25, 0.3) is 0 Å². The van der Waals surface area contributed by atoms with Crippen LogP contribution in [0.15, 0.2) is 40.4 Å². The van der Waals surface area contributed by atoms with E-state index in [9.17, 15) is 22.8 Å². The van der Waals surface area contributed by atoms with Gasteiger partial charge in [0.15, 0.2) is 0 Å². The molecule has 0 spiro atoms. The molecule has 3 N–H and O–H groups in total. The number of rotatable bonds is 10. The Morgan fingerprint density at radius 1 is 1.16 bits per heavy atom. The Bertz CT molecular complexity index is 961. The van der Waals surface area contributed by atoms with E-state index in [-0.39, 0.29) is 42.3 Å². The Labute approximate surface area is 185 Å². The van der Waals surface area contributed by atoms with Crippen LogP contribution in [0.3, 0.4) is 0 Å². The Kier molecular flexibility index (Phi) is 8.84. The number of ether oxygens (including phenoxy) is 2. The van der Waals surface area contributed by atoms with Crippen LogP contribution in [0.5, 0.6) is 0 Å². The fourth-order valence-corrected chi connectivity index (χ4v) is 3.94. The van der Waals surface area contributed by atoms with Crippen molar-refractivity contribution in [3.63, 3.8) is 0 Å². The molecule has 0 aliphatic carbocycles. The molecule has 12 heteroatoms. The standard InChI is InChI=1S/C19H24ClN3O7S/c1-3-14-17(18(25)29-4-2)15(23-19(26)22-14)11-30-16(24)9-10-21-31(27,28)13-7-5-12(20)6-8-13/h5-8,14,21H,3-4,9-11H2,1-2H3,(H2,22,23,26). The molecule has 1 aromatic rings. The first-order valence-electron chi connectivity index (χ1n) is 9.56. The van der Waals surface area contributed by atoms with Gasteiger partial charge in [0, 0.05) is 11.6 Å². The maximum Gasteiger partial charge on any atom is 0.338 e. The summed E-state index contributed by atoms with van der Waals surface area (Å²) in [5, 5.41) is 5.47. The van der Waals surface area contributed by atoms with Crippen molar-refractivity contribution in [2.24, 2.45) is 0 Å². The minimum absolute atomic E-state index is 0.0116. The second kappa shape index (κ2) is 11.1. The summed E-state index contributed by atoms with van der Waals surface area (Å²) >= 11 is 5.74. The number of nitrogens with one attached hydrogen (secondary N) is 3. The molecule has 0 saturated carbocycles. The van der Waals surface area contributed by atoms with E-state index in [2.05, 4.69) is 15.4 Å². The largest absolute Gasteiger partial charge is 0.463 e. The van der Waals surface area contributed by atoms with Crippen LogP contribution in [0.1, 0.15) is 26.7 Å². The maximum atomic E-state index is 12.3. The van der Waals surface area contributed by atoms with Gasteiger partial charge in [-0.3, -0.25) is 4.79 Å². The zero-order chi connectivity index (χ0) is 23.0. The van der Waals surface area contributed by atoms with E-state index in [1.165, 1.54) is 24.3 Å². The monoisotopic (exact) mass is 473 g/mol. The fraction of sp³-hybridized carbons (Fsp3) is 0.421. The van der Waals surface area contributed by atoms with Crippen molar-refractivity contribution >= 4 is 39.6 Å². The van der Waals surface area contributed by atoms with Crippen molar-refractivity contribution in [1.29, 1.82) is 0 Å². The van der Waals surface area contributed by atoms with E-state index in [0.717, 1.165) is 0 Å². The predicted octanol–water partition coefficient (Wildman–Crippen LogP) is 1.46. The van der Waals surface area contributed by atoms with E-state index in [1.807, 2.05) is 0 Å². The summed E-state index contributed by atoms with van der Waals surface area (Å²) in [6, 6.07) is 4.47. The lowest BCUT2D eigenvalue weighted by atomic mass is 10.0. The second-order valence-electron chi connectivity index (χ2n) is 6.43. The van der Waals surface area contributed by atoms with Crippen LogP contribution in [-0.2, 0) is 29.1 Å². The summed E-state index contributed by atoms with van der Waals surface area (Å²) in [5.41, 5.74) is 0.310. The van der Waals surface area contributed by atoms with Gasteiger partial charge in [-0.05, 0) is 37.6 Å². The number of halogens is 1. The van der Waals surface area contributed by atoms with E-state index in [1.54, 1.807) is 13.8 Å². The number of carbonyl (C=O) groups excluding carboxylic acids is 3. The number of esters is 2. The number of hydrogen-bond donors (Lipinski definition) is 3. The highest BCUT2D eigenvalue weighted by atomic mass is 35.5. The van der Waals surface area contributed by atoms with E-state index >= 15 is 0 Å². The zero-order valence-corrected chi connectivity index (χ0v) is 18.6. The van der Waals surface area contributed by atoms with Crippen molar-refractivity contribution in [1.82, 2.24) is 15.4 Å². The minimum atomic E-state index is -3.80. The quantitative estimate of drug-likeness (QED) is 0.437. The van der Waals surface area contributed by atoms with Gasteiger partial charge in [0.1, 0.15) is 6.61 Å². The molecule has 170 valence electrons. The lowest BCUT2D eigenvalue weighted by molar-refractivity contribution is -0.143. The highest BCUT2D eigenvalue weighted by molar-refractivity contribution is 7.89. The molecular weight excluding hydrogens is 450 g/mol. The number of amides is 2. The third-order valence-electron chi connectivity index (χ3n) is 4.27. The Morgan fingerprint density at radius 2 is 1.84 bits per heavy atom. The second-order valence-corrected chi connectivity index (χ2v) is 8.64. The lowest BCUT2D eigenvalue weighted by Gasteiger charge is -2.28. The lowest BCUT2D eigenvalue weighted by Crippen LogP contribution is -2.51. The highest BCUT2D eigenvalue weighted by Crippen LogP contribution is 2.17. The molecule has 1 aliphatic heterocycles. The normalized spacial score (nSPS) is 16.4. The third kappa shape index (κ3) is 6.94. The van der Waals surface area contributed by atoms with Gasteiger partial charge >= 0.3 is 18.0 Å². The average Bonchev–Trinajstić information content (AvgIpc) is 2.72. The molecule has 0 saturated heterocycles. The first-order chi connectivity index (χ1) is 14.7. The summed E-state index contributed by atoms with van der Waals surface area (Å²) in [6.45, 7) is 3.03. The molecule has 1 atom stereocenters. The van der Waals surface area contributed by atoms with Crippen LogP contribution >= 0.6 is 11.6 Å². The molecule has 1 aliphatic rings.